The summed E-state index contributed by atoms with van der Waals surface area (Å²) < 4.78 is 42.1. The van der Waals surface area contributed by atoms with E-state index >= 15 is 0 Å². The zero-order valence-corrected chi connectivity index (χ0v) is 13.3. The van der Waals surface area contributed by atoms with Gasteiger partial charge in [-0.1, -0.05) is 12.1 Å². The fourth-order valence-corrected chi connectivity index (χ4v) is 2.41. The van der Waals surface area contributed by atoms with Crippen LogP contribution in [0.1, 0.15) is 15.9 Å². The molecule has 0 spiro atoms. The highest BCUT2D eigenvalue weighted by Gasteiger charge is 2.18. The zero-order valence-electron chi connectivity index (χ0n) is 13.3. The predicted molar refractivity (Wildman–Crippen MR) is 85.7 cm³/mol. The van der Waals surface area contributed by atoms with E-state index in [4.69, 9.17) is 0 Å². The van der Waals surface area contributed by atoms with E-state index in [-0.39, 0.29) is 17.7 Å². The van der Waals surface area contributed by atoms with Gasteiger partial charge >= 0.3 is 0 Å². The van der Waals surface area contributed by atoms with Gasteiger partial charge < -0.3 is 4.90 Å². The number of halogens is 3. The Morgan fingerprint density at radius 2 is 1.80 bits per heavy atom. The number of amides is 1. The van der Waals surface area contributed by atoms with Crippen molar-refractivity contribution in [3.8, 4) is 5.69 Å². The molecule has 0 atom stereocenters. The molecule has 2 aromatic carbocycles. The van der Waals surface area contributed by atoms with E-state index in [9.17, 15) is 18.0 Å². The monoisotopic (exact) mass is 345 g/mol. The minimum absolute atomic E-state index is 0.184. The molecular formula is C18H14F3N3O. The Bertz CT molecular complexity index is 903. The Hall–Kier alpha value is -3.09. The van der Waals surface area contributed by atoms with E-state index in [2.05, 4.69) is 5.10 Å². The van der Waals surface area contributed by atoms with Gasteiger partial charge in [0.1, 0.15) is 17.5 Å². The largest absolute Gasteiger partial charge is 0.337 e. The topological polar surface area (TPSA) is 38.1 Å². The summed E-state index contributed by atoms with van der Waals surface area (Å²) in [5.41, 5.74) is 0.501. The Labute approximate surface area is 142 Å². The molecule has 1 amide bonds. The molecule has 0 unspecified atom stereocenters. The van der Waals surface area contributed by atoms with E-state index in [0.717, 1.165) is 12.1 Å². The van der Waals surface area contributed by atoms with Gasteiger partial charge in [0.2, 0.25) is 0 Å². The molecule has 4 nitrogen and oxygen atoms in total. The van der Waals surface area contributed by atoms with E-state index in [1.165, 1.54) is 53.3 Å². The summed E-state index contributed by atoms with van der Waals surface area (Å²) in [6.45, 7) is -0.220. The molecule has 1 aromatic heterocycles. The van der Waals surface area contributed by atoms with E-state index in [1.54, 1.807) is 6.07 Å². The molecular weight excluding hydrogens is 331 g/mol. The minimum Gasteiger partial charge on any atom is -0.337 e. The summed E-state index contributed by atoms with van der Waals surface area (Å²) in [7, 11) is 1.44. The number of carbonyl (C=O) groups excluding carboxylic acids is 1. The lowest BCUT2D eigenvalue weighted by molar-refractivity contribution is 0.0782. The first-order chi connectivity index (χ1) is 12.0. The SMILES string of the molecule is CN(Cc1c(F)cccc1F)C(=O)c1cnn(-c2cccc(F)c2)c1. The quantitative estimate of drug-likeness (QED) is 0.725. The van der Waals surface area contributed by atoms with Crippen molar-refractivity contribution in [2.75, 3.05) is 7.05 Å². The van der Waals surface area contributed by atoms with Crippen LogP contribution in [0.4, 0.5) is 13.2 Å². The van der Waals surface area contributed by atoms with Crippen LogP contribution in [-0.4, -0.2) is 27.6 Å². The summed E-state index contributed by atoms with van der Waals surface area (Å²) in [5, 5.41) is 4.03. The van der Waals surface area contributed by atoms with Gasteiger partial charge in [-0.3, -0.25) is 4.79 Å². The smallest absolute Gasteiger partial charge is 0.257 e. The van der Waals surface area contributed by atoms with Gasteiger partial charge in [-0.25, -0.2) is 17.9 Å². The molecule has 0 radical (unpaired) electrons. The molecule has 0 aliphatic carbocycles. The number of hydrogen-bond donors (Lipinski definition) is 0. The maximum absolute atomic E-state index is 13.7. The van der Waals surface area contributed by atoms with Crippen LogP contribution in [-0.2, 0) is 6.54 Å². The molecule has 0 aliphatic heterocycles. The molecule has 0 N–H and O–H groups in total. The van der Waals surface area contributed by atoms with E-state index in [0.29, 0.717) is 5.69 Å². The number of aromatic nitrogens is 2. The number of carbonyl (C=O) groups is 1. The fraction of sp³-hybridized carbons (Fsp3) is 0.111. The highest BCUT2D eigenvalue weighted by Crippen LogP contribution is 2.16. The summed E-state index contributed by atoms with van der Waals surface area (Å²) in [6, 6.07) is 9.29. The van der Waals surface area contributed by atoms with Crippen LogP contribution < -0.4 is 0 Å². The van der Waals surface area contributed by atoms with Gasteiger partial charge in [-0.15, -0.1) is 0 Å². The van der Waals surface area contributed by atoms with Crippen molar-refractivity contribution in [3.63, 3.8) is 0 Å². The average Bonchev–Trinajstić information content (AvgIpc) is 3.07. The fourth-order valence-electron chi connectivity index (χ4n) is 2.41. The Morgan fingerprint density at radius 3 is 2.48 bits per heavy atom. The molecule has 128 valence electrons. The van der Waals surface area contributed by atoms with E-state index < -0.39 is 23.4 Å². The number of hydrogen-bond acceptors (Lipinski definition) is 2. The number of nitrogens with zero attached hydrogens (tertiary/aromatic N) is 3. The van der Waals surface area contributed by atoms with Gasteiger partial charge in [0.15, 0.2) is 0 Å². The second kappa shape index (κ2) is 6.80. The van der Waals surface area contributed by atoms with Crippen LogP contribution in [0.2, 0.25) is 0 Å². The van der Waals surface area contributed by atoms with Gasteiger partial charge in [0.05, 0.1) is 24.0 Å². The molecule has 0 saturated carbocycles. The Morgan fingerprint density at radius 1 is 1.12 bits per heavy atom. The maximum Gasteiger partial charge on any atom is 0.257 e. The van der Waals surface area contributed by atoms with Gasteiger partial charge in [0, 0.05) is 18.8 Å². The number of benzene rings is 2. The normalized spacial score (nSPS) is 10.7. The van der Waals surface area contributed by atoms with Crippen molar-refractivity contribution in [2.24, 2.45) is 0 Å². The third-order valence-electron chi connectivity index (χ3n) is 3.71. The first-order valence-electron chi connectivity index (χ1n) is 7.44. The Kier molecular flexibility index (Phi) is 4.56. The minimum atomic E-state index is -0.713. The molecule has 0 saturated heterocycles. The molecule has 0 aliphatic rings. The van der Waals surface area contributed by atoms with Crippen molar-refractivity contribution < 1.29 is 18.0 Å². The van der Waals surface area contributed by atoms with E-state index in [1.807, 2.05) is 0 Å². The summed E-state index contributed by atoms with van der Waals surface area (Å²) in [5.74, 6) is -2.30. The van der Waals surface area contributed by atoms with Crippen LogP contribution in [0.15, 0.2) is 54.9 Å². The second-order valence-corrected chi connectivity index (χ2v) is 5.51. The first-order valence-corrected chi connectivity index (χ1v) is 7.44. The van der Waals surface area contributed by atoms with Crippen LogP contribution in [0.25, 0.3) is 5.69 Å². The van der Waals surface area contributed by atoms with Crippen molar-refractivity contribution in [3.05, 3.63) is 83.4 Å². The van der Waals surface area contributed by atoms with Crippen molar-refractivity contribution in [1.29, 1.82) is 0 Å². The van der Waals surface area contributed by atoms with Crippen molar-refractivity contribution >= 4 is 5.91 Å². The number of rotatable bonds is 4. The average molecular weight is 345 g/mol. The molecule has 0 fully saturated rings. The van der Waals surface area contributed by atoms with Crippen molar-refractivity contribution in [1.82, 2.24) is 14.7 Å². The molecule has 0 bridgehead atoms. The lowest BCUT2D eigenvalue weighted by Gasteiger charge is -2.17. The third-order valence-corrected chi connectivity index (χ3v) is 3.71. The third kappa shape index (κ3) is 3.55. The van der Waals surface area contributed by atoms with Crippen LogP contribution in [0, 0.1) is 17.5 Å². The summed E-state index contributed by atoms with van der Waals surface area (Å²) in [6.07, 6.45) is 2.76. The summed E-state index contributed by atoms with van der Waals surface area (Å²) >= 11 is 0. The lowest BCUT2D eigenvalue weighted by Crippen LogP contribution is -2.26. The molecule has 1 heterocycles. The van der Waals surface area contributed by atoms with Gasteiger partial charge in [0.25, 0.3) is 5.91 Å². The first kappa shape index (κ1) is 16.8. The van der Waals surface area contributed by atoms with Crippen molar-refractivity contribution in [2.45, 2.75) is 6.54 Å². The van der Waals surface area contributed by atoms with Gasteiger partial charge in [-0.05, 0) is 30.3 Å². The second-order valence-electron chi connectivity index (χ2n) is 5.51. The van der Waals surface area contributed by atoms with Crippen LogP contribution >= 0.6 is 0 Å². The molecule has 7 heteroatoms. The standard InChI is InChI=1S/C18H14F3N3O/c1-23(11-15-16(20)6-3-7-17(15)21)18(25)12-9-22-24(10-12)14-5-2-4-13(19)8-14/h2-10H,11H2,1H3. The highest BCUT2D eigenvalue weighted by atomic mass is 19.1. The van der Waals surface area contributed by atoms with Gasteiger partial charge in [-0.2, -0.15) is 5.10 Å². The van der Waals surface area contributed by atoms with Crippen LogP contribution in [0.3, 0.4) is 0 Å². The maximum atomic E-state index is 13.7. The highest BCUT2D eigenvalue weighted by molar-refractivity contribution is 5.93. The molecule has 3 aromatic rings. The van der Waals surface area contributed by atoms with Crippen LogP contribution in [0.5, 0.6) is 0 Å². The Balaban J connectivity index is 1.79. The summed E-state index contributed by atoms with van der Waals surface area (Å²) in [4.78, 5) is 13.6. The molecule has 25 heavy (non-hydrogen) atoms. The zero-order chi connectivity index (χ0) is 18.0. The lowest BCUT2D eigenvalue weighted by atomic mass is 10.2. The molecule has 3 rings (SSSR count). The predicted octanol–water partition coefficient (Wildman–Crippen LogP) is 3.56.